The van der Waals surface area contributed by atoms with Crippen LogP contribution in [0.4, 0.5) is 0 Å². The first-order valence-electron chi connectivity index (χ1n) is 8.73. The maximum absolute atomic E-state index is 12.6. The summed E-state index contributed by atoms with van der Waals surface area (Å²) in [5, 5.41) is 0. The summed E-state index contributed by atoms with van der Waals surface area (Å²) in [4.78, 5) is 18.9. The zero-order valence-electron chi connectivity index (χ0n) is 14.7. The van der Waals surface area contributed by atoms with Gasteiger partial charge in [0.2, 0.25) is 0 Å². The Labute approximate surface area is 152 Å². The number of nitrogens with zero attached hydrogens (tertiary/aromatic N) is 3. The summed E-state index contributed by atoms with van der Waals surface area (Å²) in [6.45, 7) is 4.85. The zero-order chi connectivity index (χ0) is 17.9. The molecule has 0 saturated carbocycles. The fraction of sp³-hybridized carbons (Fsp3) is 0.300. The van der Waals surface area contributed by atoms with Crippen LogP contribution in [0.3, 0.4) is 0 Å². The minimum absolute atomic E-state index is 0.0157. The molecule has 0 N–H and O–H groups in total. The van der Waals surface area contributed by atoms with Gasteiger partial charge in [-0.1, -0.05) is 12.1 Å². The average molecular weight is 351 g/mol. The smallest absolute Gasteiger partial charge is 0.254 e. The van der Waals surface area contributed by atoms with Crippen molar-refractivity contribution in [2.75, 3.05) is 26.3 Å². The molecule has 1 saturated heterocycles. The standard InChI is InChI=1S/C20H21N3O3/c1-15-5-6-19-21-17(13-23(19)12-15)14-26-18-4-2-3-16(11-18)20(24)22-7-9-25-10-8-22/h2-6,11-13H,7-10,14H2,1H3. The third-order valence-electron chi connectivity index (χ3n) is 4.41. The maximum Gasteiger partial charge on any atom is 0.254 e. The lowest BCUT2D eigenvalue weighted by molar-refractivity contribution is 0.0302. The number of aryl methyl sites for hydroxylation is 1. The average Bonchev–Trinajstić information content (AvgIpc) is 3.09. The van der Waals surface area contributed by atoms with E-state index in [1.165, 1.54) is 5.56 Å². The van der Waals surface area contributed by atoms with Crippen LogP contribution in [0.25, 0.3) is 5.65 Å². The lowest BCUT2D eigenvalue weighted by Crippen LogP contribution is -2.40. The number of benzene rings is 1. The van der Waals surface area contributed by atoms with Crippen LogP contribution in [0.2, 0.25) is 0 Å². The number of hydrogen-bond donors (Lipinski definition) is 0. The monoisotopic (exact) mass is 351 g/mol. The van der Waals surface area contributed by atoms with E-state index in [0.717, 1.165) is 11.3 Å². The van der Waals surface area contributed by atoms with Crippen LogP contribution in [0, 0.1) is 6.92 Å². The Balaban J connectivity index is 1.45. The van der Waals surface area contributed by atoms with Gasteiger partial charge in [-0.2, -0.15) is 0 Å². The van der Waals surface area contributed by atoms with Gasteiger partial charge in [-0.05, 0) is 36.8 Å². The Hall–Kier alpha value is -2.86. The predicted molar refractivity (Wildman–Crippen MR) is 97.4 cm³/mol. The third-order valence-corrected chi connectivity index (χ3v) is 4.41. The van der Waals surface area contributed by atoms with E-state index in [0.29, 0.717) is 44.2 Å². The molecule has 1 fully saturated rings. The second-order valence-electron chi connectivity index (χ2n) is 6.43. The molecule has 26 heavy (non-hydrogen) atoms. The van der Waals surface area contributed by atoms with Gasteiger partial charge < -0.3 is 18.8 Å². The maximum atomic E-state index is 12.6. The van der Waals surface area contributed by atoms with Gasteiger partial charge in [0.1, 0.15) is 18.0 Å². The molecule has 1 amide bonds. The summed E-state index contributed by atoms with van der Waals surface area (Å²) in [7, 11) is 0. The first-order valence-corrected chi connectivity index (χ1v) is 8.73. The number of hydrogen-bond acceptors (Lipinski definition) is 4. The van der Waals surface area contributed by atoms with E-state index in [1.807, 2.05) is 58.9 Å². The van der Waals surface area contributed by atoms with Gasteiger partial charge in [0.15, 0.2) is 0 Å². The van der Waals surface area contributed by atoms with E-state index in [-0.39, 0.29) is 5.91 Å². The van der Waals surface area contributed by atoms with Gasteiger partial charge in [0, 0.05) is 31.0 Å². The van der Waals surface area contributed by atoms with Crippen molar-refractivity contribution in [1.29, 1.82) is 0 Å². The van der Waals surface area contributed by atoms with E-state index < -0.39 is 0 Å². The summed E-state index contributed by atoms with van der Waals surface area (Å²) in [6, 6.07) is 11.3. The Morgan fingerprint density at radius 2 is 2.04 bits per heavy atom. The number of amides is 1. The third kappa shape index (κ3) is 3.55. The molecule has 0 radical (unpaired) electrons. The van der Waals surface area contributed by atoms with Crippen LogP contribution < -0.4 is 4.74 Å². The van der Waals surface area contributed by atoms with Crippen molar-refractivity contribution >= 4 is 11.6 Å². The second-order valence-corrected chi connectivity index (χ2v) is 6.43. The van der Waals surface area contributed by atoms with Crippen molar-refractivity contribution < 1.29 is 14.3 Å². The molecule has 0 spiro atoms. The minimum Gasteiger partial charge on any atom is -0.487 e. The van der Waals surface area contributed by atoms with Crippen LogP contribution >= 0.6 is 0 Å². The first-order chi connectivity index (χ1) is 12.7. The molecule has 1 aliphatic rings. The van der Waals surface area contributed by atoms with Gasteiger partial charge in [-0.25, -0.2) is 4.98 Å². The fourth-order valence-corrected chi connectivity index (χ4v) is 3.05. The molecule has 1 aliphatic heterocycles. The van der Waals surface area contributed by atoms with E-state index in [2.05, 4.69) is 4.98 Å². The molecule has 3 aromatic rings. The molecule has 2 aromatic heterocycles. The number of rotatable bonds is 4. The van der Waals surface area contributed by atoms with E-state index in [4.69, 9.17) is 9.47 Å². The molecule has 6 nitrogen and oxygen atoms in total. The quantitative estimate of drug-likeness (QED) is 0.725. The van der Waals surface area contributed by atoms with Gasteiger partial charge in [-0.3, -0.25) is 4.79 Å². The molecular formula is C20H21N3O3. The number of carbonyl (C=O) groups excluding carboxylic acids is 1. The molecular weight excluding hydrogens is 330 g/mol. The molecule has 4 rings (SSSR count). The summed E-state index contributed by atoms with van der Waals surface area (Å²) in [5.41, 5.74) is 3.55. The molecule has 134 valence electrons. The summed E-state index contributed by atoms with van der Waals surface area (Å²) in [6.07, 6.45) is 4.00. The summed E-state index contributed by atoms with van der Waals surface area (Å²) >= 11 is 0. The molecule has 0 atom stereocenters. The minimum atomic E-state index is 0.0157. The van der Waals surface area contributed by atoms with Crippen LogP contribution in [0.15, 0.2) is 48.8 Å². The fourth-order valence-electron chi connectivity index (χ4n) is 3.05. The van der Waals surface area contributed by atoms with Crippen molar-refractivity contribution in [3.63, 3.8) is 0 Å². The number of pyridine rings is 1. The Kier molecular flexibility index (Phi) is 4.58. The number of fused-ring (bicyclic) bond motifs is 1. The molecule has 1 aromatic carbocycles. The molecule has 0 bridgehead atoms. The Morgan fingerprint density at radius 1 is 1.19 bits per heavy atom. The van der Waals surface area contributed by atoms with E-state index in [9.17, 15) is 4.79 Å². The van der Waals surface area contributed by atoms with Crippen molar-refractivity contribution in [2.24, 2.45) is 0 Å². The van der Waals surface area contributed by atoms with Crippen LogP contribution in [-0.4, -0.2) is 46.5 Å². The van der Waals surface area contributed by atoms with Crippen LogP contribution in [-0.2, 0) is 11.3 Å². The van der Waals surface area contributed by atoms with Gasteiger partial charge in [0.25, 0.3) is 5.91 Å². The number of imidazole rings is 1. The topological polar surface area (TPSA) is 56.1 Å². The Morgan fingerprint density at radius 3 is 2.88 bits per heavy atom. The highest BCUT2D eigenvalue weighted by Crippen LogP contribution is 2.17. The van der Waals surface area contributed by atoms with Crippen LogP contribution in [0.1, 0.15) is 21.6 Å². The molecule has 6 heteroatoms. The van der Waals surface area contributed by atoms with E-state index in [1.54, 1.807) is 6.07 Å². The highest BCUT2D eigenvalue weighted by Gasteiger charge is 2.18. The van der Waals surface area contributed by atoms with Gasteiger partial charge in [-0.15, -0.1) is 0 Å². The normalized spacial score (nSPS) is 14.6. The summed E-state index contributed by atoms with van der Waals surface area (Å²) < 4.78 is 13.2. The number of ether oxygens (including phenoxy) is 2. The predicted octanol–water partition coefficient (Wildman–Crippen LogP) is 2.69. The van der Waals surface area contributed by atoms with Gasteiger partial charge >= 0.3 is 0 Å². The largest absolute Gasteiger partial charge is 0.487 e. The number of morpholine rings is 1. The van der Waals surface area contributed by atoms with Crippen molar-refractivity contribution in [3.8, 4) is 5.75 Å². The van der Waals surface area contributed by atoms with E-state index >= 15 is 0 Å². The van der Waals surface area contributed by atoms with Crippen LogP contribution in [0.5, 0.6) is 5.75 Å². The summed E-state index contributed by atoms with van der Waals surface area (Å²) in [5.74, 6) is 0.680. The molecule has 0 unspecified atom stereocenters. The molecule has 3 heterocycles. The number of carbonyl (C=O) groups is 1. The second kappa shape index (κ2) is 7.17. The van der Waals surface area contributed by atoms with Gasteiger partial charge in [0.05, 0.1) is 18.9 Å². The van der Waals surface area contributed by atoms with Crippen molar-refractivity contribution in [3.05, 3.63) is 65.6 Å². The zero-order valence-corrected chi connectivity index (χ0v) is 14.7. The molecule has 0 aliphatic carbocycles. The number of aromatic nitrogens is 2. The highest BCUT2D eigenvalue weighted by molar-refractivity contribution is 5.94. The lowest BCUT2D eigenvalue weighted by Gasteiger charge is -2.26. The lowest BCUT2D eigenvalue weighted by atomic mass is 10.2. The Bertz CT molecular complexity index is 929. The first kappa shape index (κ1) is 16.6. The van der Waals surface area contributed by atoms with Crippen molar-refractivity contribution in [1.82, 2.24) is 14.3 Å². The SMILES string of the molecule is Cc1ccc2nc(COc3cccc(C(=O)N4CCOCC4)c3)cn2c1. The van der Waals surface area contributed by atoms with Crippen molar-refractivity contribution in [2.45, 2.75) is 13.5 Å². The highest BCUT2D eigenvalue weighted by atomic mass is 16.5.